The largest absolute Gasteiger partial charge is 0.497 e. The predicted molar refractivity (Wildman–Crippen MR) is 87.5 cm³/mol. The summed E-state index contributed by atoms with van der Waals surface area (Å²) in [7, 11) is 3.36. The van der Waals surface area contributed by atoms with E-state index in [2.05, 4.69) is 20.4 Å². The molecule has 0 radical (unpaired) electrons. The maximum Gasteiger partial charge on any atom is 0.325 e. The number of methoxy groups -OCH3 is 1. The molecule has 0 bridgehead atoms. The zero-order valence-corrected chi connectivity index (χ0v) is 13.7. The number of likely N-dealkylation sites (N-methyl/N-ethyl adjacent to an activating group) is 1. The van der Waals surface area contributed by atoms with E-state index < -0.39 is 0 Å². The summed E-state index contributed by atoms with van der Waals surface area (Å²) in [6.07, 6.45) is 0.537. The van der Waals surface area contributed by atoms with E-state index in [1.807, 2.05) is 24.3 Å². The fraction of sp³-hybridized carbons (Fsp3) is 0.500. The Hall–Kier alpha value is -2.32. The number of carbonyl (C=O) groups excluding carboxylic acids is 2. The summed E-state index contributed by atoms with van der Waals surface area (Å²) < 4.78 is 5.22. The van der Waals surface area contributed by atoms with Crippen LogP contribution < -0.4 is 20.3 Å². The molecule has 3 fully saturated rings. The van der Waals surface area contributed by atoms with E-state index in [1.165, 1.54) is 0 Å². The highest BCUT2D eigenvalue weighted by molar-refractivity contribution is 6.00. The molecule has 3 unspecified atom stereocenters. The molecule has 3 saturated heterocycles. The summed E-state index contributed by atoms with van der Waals surface area (Å²) in [6.45, 7) is 1.71. The average Bonchev–Trinajstić information content (AvgIpc) is 3.00. The van der Waals surface area contributed by atoms with Gasteiger partial charge in [0.15, 0.2) is 0 Å². The fourth-order valence-corrected chi connectivity index (χ4v) is 3.80. The van der Waals surface area contributed by atoms with Gasteiger partial charge in [-0.05, 0) is 30.7 Å². The second kappa shape index (κ2) is 5.64. The lowest BCUT2D eigenvalue weighted by Crippen LogP contribution is -2.65. The quantitative estimate of drug-likeness (QED) is 0.793. The summed E-state index contributed by atoms with van der Waals surface area (Å²) in [5, 5.41) is 5.88. The average molecular weight is 331 g/mol. The van der Waals surface area contributed by atoms with Gasteiger partial charge in [0.05, 0.1) is 7.11 Å². The number of urea groups is 1. The molecule has 2 N–H and O–H groups in total. The molecule has 0 aromatic heterocycles. The van der Waals surface area contributed by atoms with Crippen molar-refractivity contribution in [1.82, 2.24) is 20.4 Å². The first-order valence-electron chi connectivity index (χ1n) is 8.10. The van der Waals surface area contributed by atoms with Crippen LogP contribution >= 0.6 is 0 Å². The molecule has 8 heteroatoms. The van der Waals surface area contributed by atoms with Gasteiger partial charge in [0, 0.05) is 25.8 Å². The van der Waals surface area contributed by atoms with E-state index in [-0.39, 0.29) is 30.4 Å². The molecule has 4 rings (SSSR count). The number of benzene rings is 1. The van der Waals surface area contributed by atoms with Crippen molar-refractivity contribution in [2.45, 2.75) is 24.9 Å². The second-order valence-electron chi connectivity index (χ2n) is 6.32. The van der Waals surface area contributed by atoms with Crippen LogP contribution in [0.25, 0.3) is 0 Å². The maximum absolute atomic E-state index is 12.3. The molecule has 128 valence electrons. The second-order valence-corrected chi connectivity index (χ2v) is 6.32. The molecule has 3 aliphatic rings. The topological polar surface area (TPSA) is 77.2 Å². The smallest absolute Gasteiger partial charge is 0.325 e. The third kappa shape index (κ3) is 2.22. The Balaban J connectivity index is 1.63. The number of anilines is 1. The highest BCUT2D eigenvalue weighted by Crippen LogP contribution is 2.31. The van der Waals surface area contributed by atoms with Crippen LogP contribution in [-0.4, -0.2) is 67.5 Å². The van der Waals surface area contributed by atoms with Crippen molar-refractivity contribution in [2.75, 3.05) is 32.1 Å². The molecule has 24 heavy (non-hydrogen) atoms. The van der Waals surface area contributed by atoms with Crippen molar-refractivity contribution in [3.05, 3.63) is 24.3 Å². The lowest BCUT2D eigenvalue weighted by atomic mass is 10.1. The van der Waals surface area contributed by atoms with Gasteiger partial charge in [0.1, 0.15) is 24.2 Å². The van der Waals surface area contributed by atoms with Crippen LogP contribution in [-0.2, 0) is 4.79 Å². The molecule has 1 aromatic carbocycles. The third-order valence-corrected chi connectivity index (χ3v) is 5.04. The lowest BCUT2D eigenvalue weighted by Gasteiger charge is -2.42. The molecular weight excluding hydrogens is 310 g/mol. The van der Waals surface area contributed by atoms with Gasteiger partial charge in [-0.3, -0.25) is 20.3 Å². The fourth-order valence-electron chi connectivity index (χ4n) is 3.80. The van der Waals surface area contributed by atoms with Gasteiger partial charge in [0.25, 0.3) is 0 Å². The first kappa shape index (κ1) is 15.2. The Kier molecular flexibility index (Phi) is 3.58. The Labute approximate surface area is 140 Å². The first-order chi connectivity index (χ1) is 11.6. The standard InChI is InChI=1S/C16H21N5O3/c1-19-13-12(14(22)18-16(19)23)21-9-3-8-20(15(21)17-13)10-4-6-11(24-2)7-5-10/h4-7,12-13,15,17H,3,8-9H2,1-2H3,(H,18,22,23). The predicted octanol–water partition coefficient (Wildman–Crippen LogP) is -0.0296. The number of hydrogen-bond acceptors (Lipinski definition) is 6. The van der Waals surface area contributed by atoms with Crippen LogP contribution in [0.4, 0.5) is 10.5 Å². The third-order valence-electron chi connectivity index (χ3n) is 5.04. The number of fused-ring (bicyclic) bond motifs is 3. The van der Waals surface area contributed by atoms with E-state index in [9.17, 15) is 9.59 Å². The van der Waals surface area contributed by atoms with Crippen molar-refractivity contribution in [3.8, 4) is 5.75 Å². The lowest BCUT2D eigenvalue weighted by molar-refractivity contribution is -0.128. The monoisotopic (exact) mass is 331 g/mol. The van der Waals surface area contributed by atoms with E-state index in [0.717, 1.165) is 30.9 Å². The Morgan fingerprint density at radius 3 is 2.62 bits per heavy atom. The van der Waals surface area contributed by atoms with Crippen LogP contribution in [0.5, 0.6) is 5.75 Å². The van der Waals surface area contributed by atoms with E-state index >= 15 is 0 Å². The number of nitrogens with one attached hydrogen (secondary N) is 2. The summed E-state index contributed by atoms with van der Waals surface area (Å²) in [6, 6.07) is 7.17. The SMILES string of the molecule is COc1ccc(N2CCCN3C4C(=O)NC(=O)N(C)C4NC23)cc1. The normalized spacial score (nSPS) is 30.0. The number of rotatable bonds is 2. The van der Waals surface area contributed by atoms with Crippen LogP contribution in [0.2, 0.25) is 0 Å². The molecule has 0 spiro atoms. The van der Waals surface area contributed by atoms with E-state index in [4.69, 9.17) is 4.74 Å². The van der Waals surface area contributed by atoms with Gasteiger partial charge in [-0.25, -0.2) is 4.79 Å². The van der Waals surface area contributed by atoms with Crippen molar-refractivity contribution >= 4 is 17.6 Å². The Bertz CT molecular complexity index is 664. The Morgan fingerprint density at radius 1 is 1.17 bits per heavy atom. The summed E-state index contributed by atoms with van der Waals surface area (Å²) >= 11 is 0. The summed E-state index contributed by atoms with van der Waals surface area (Å²) in [5.41, 5.74) is 1.06. The molecule has 3 amide bonds. The molecule has 3 atom stereocenters. The summed E-state index contributed by atoms with van der Waals surface area (Å²) in [4.78, 5) is 30.2. The minimum Gasteiger partial charge on any atom is -0.497 e. The minimum atomic E-state index is -0.362. The molecular formula is C16H21N5O3. The molecule has 0 saturated carbocycles. The summed E-state index contributed by atoms with van der Waals surface area (Å²) in [5.74, 6) is 0.583. The molecule has 8 nitrogen and oxygen atoms in total. The van der Waals surface area contributed by atoms with E-state index in [0.29, 0.717) is 0 Å². The number of hydrogen-bond donors (Lipinski definition) is 2. The van der Waals surface area contributed by atoms with Crippen molar-refractivity contribution in [3.63, 3.8) is 0 Å². The minimum absolute atomic E-state index is 0.110. The molecule has 1 aromatic rings. The zero-order chi connectivity index (χ0) is 16.8. The highest BCUT2D eigenvalue weighted by Gasteiger charge is 2.53. The van der Waals surface area contributed by atoms with Crippen molar-refractivity contribution in [2.24, 2.45) is 0 Å². The van der Waals surface area contributed by atoms with Crippen molar-refractivity contribution in [1.29, 1.82) is 0 Å². The highest BCUT2D eigenvalue weighted by atomic mass is 16.5. The van der Waals surface area contributed by atoms with Gasteiger partial charge < -0.3 is 14.5 Å². The van der Waals surface area contributed by atoms with E-state index in [1.54, 1.807) is 19.1 Å². The maximum atomic E-state index is 12.3. The van der Waals surface area contributed by atoms with Gasteiger partial charge in [0.2, 0.25) is 5.91 Å². The first-order valence-corrected chi connectivity index (χ1v) is 8.10. The number of imide groups is 1. The number of carbonyl (C=O) groups is 2. The molecule has 3 aliphatic heterocycles. The number of ether oxygens (including phenoxy) is 1. The molecule has 3 heterocycles. The van der Waals surface area contributed by atoms with Crippen molar-refractivity contribution < 1.29 is 14.3 Å². The van der Waals surface area contributed by atoms with Crippen LogP contribution in [0.3, 0.4) is 0 Å². The molecule has 0 aliphatic carbocycles. The number of amides is 3. The van der Waals surface area contributed by atoms with Gasteiger partial charge in [-0.1, -0.05) is 0 Å². The van der Waals surface area contributed by atoms with Crippen LogP contribution in [0.15, 0.2) is 24.3 Å². The Morgan fingerprint density at radius 2 is 1.92 bits per heavy atom. The van der Waals surface area contributed by atoms with Crippen LogP contribution in [0.1, 0.15) is 6.42 Å². The van der Waals surface area contributed by atoms with Crippen LogP contribution in [0, 0.1) is 0 Å². The van der Waals surface area contributed by atoms with Gasteiger partial charge in [-0.2, -0.15) is 0 Å². The van der Waals surface area contributed by atoms with Gasteiger partial charge in [-0.15, -0.1) is 0 Å². The zero-order valence-electron chi connectivity index (χ0n) is 13.7. The van der Waals surface area contributed by atoms with Gasteiger partial charge >= 0.3 is 6.03 Å². The number of nitrogens with zero attached hydrogens (tertiary/aromatic N) is 3.